The van der Waals surface area contributed by atoms with E-state index in [-0.39, 0.29) is 0 Å². The lowest BCUT2D eigenvalue weighted by Gasteiger charge is -2.28. The molecule has 0 saturated carbocycles. The number of hydrogen-bond acceptors (Lipinski definition) is 9. The normalized spacial score (nSPS) is 15.2. The minimum Gasteiger partial charge on any atom is -0.475 e. The number of anilines is 2. The molecule has 2 N–H and O–H groups in total. The average molecular weight is 631 g/mol. The van der Waals surface area contributed by atoms with Gasteiger partial charge in [-0.3, -0.25) is 0 Å². The third-order valence-corrected chi connectivity index (χ3v) is 7.46. The molecule has 6 heterocycles. The average Bonchev–Trinajstić information content (AvgIpc) is 3.46. The van der Waals surface area contributed by atoms with E-state index < -0.39 is 12.1 Å². The minimum absolute atomic E-state index is 0.648. The van der Waals surface area contributed by atoms with Crippen molar-refractivity contribution in [3.8, 4) is 23.1 Å². The molecule has 0 atom stereocenters. The number of benzene rings is 1. The summed E-state index contributed by atoms with van der Waals surface area (Å²) in [6.07, 6.45) is -1.35. The van der Waals surface area contributed by atoms with Crippen LogP contribution in [0.15, 0.2) is 67.0 Å². The summed E-state index contributed by atoms with van der Waals surface area (Å²) in [5.74, 6) is 4.79. The zero-order valence-corrected chi connectivity index (χ0v) is 24.5. The van der Waals surface area contributed by atoms with Crippen LogP contribution in [0.3, 0.4) is 0 Å². The van der Waals surface area contributed by atoms with Crippen molar-refractivity contribution in [2.24, 2.45) is 0 Å². The van der Waals surface area contributed by atoms with Crippen molar-refractivity contribution >= 4 is 34.0 Å². The van der Waals surface area contributed by atoms with Crippen molar-refractivity contribution < 1.29 is 27.8 Å². The van der Waals surface area contributed by atoms with Gasteiger partial charge in [0.05, 0.1) is 30.6 Å². The zero-order chi connectivity index (χ0) is 32.1. The van der Waals surface area contributed by atoms with E-state index >= 15 is 0 Å². The van der Waals surface area contributed by atoms with Crippen molar-refractivity contribution in [3.05, 3.63) is 78.4 Å². The van der Waals surface area contributed by atoms with Gasteiger partial charge in [0.1, 0.15) is 22.9 Å². The summed E-state index contributed by atoms with van der Waals surface area (Å²) in [4.78, 5) is 28.1. The Morgan fingerprint density at radius 3 is 2.39 bits per heavy atom. The molecule has 11 nitrogen and oxygen atoms in total. The molecule has 4 aromatic heterocycles. The number of imidazole rings is 1. The fourth-order valence-corrected chi connectivity index (χ4v) is 5.20. The molecule has 2 aliphatic rings. The lowest BCUT2D eigenvalue weighted by molar-refractivity contribution is -0.192. The molecule has 0 spiro atoms. The standard InChI is InChI=1S/C30H28N8O.C2HF3O2/c1-2-4-25-22(3-1)5-7-24(34-25)8-9-26-29(23-6-10-28(32-21-23)37-15-13-31-14-16-37)38-30(35-26)27(11-12-33-38)36-17-19-39-20-18-36;3-2(4,5)1(6)7/h1-7,10-12,21,31H,13-20H2;(H,6,7). The second kappa shape index (κ2) is 13.4. The fraction of sp³-hybridized carbons (Fsp3) is 0.281. The van der Waals surface area contributed by atoms with Crippen molar-refractivity contribution in [2.45, 2.75) is 6.18 Å². The maximum absolute atomic E-state index is 10.6. The fourth-order valence-electron chi connectivity index (χ4n) is 5.20. The number of aliphatic carboxylic acids is 1. The van der Waals surface area contributed by atoms with Gasteiger partial charge < -0.3 is 25.0 Å². The summed E-state index contributed by atoms with van der Waals surface area (Å²) in [6.45, 7) is 6.83. The van der Waals surface area contributed by atoms with E-state index in [0.29, 0.717) is 24.6 Å². The zero-order valence-electron chi connectivity index (χ0n) is 24.5. The molecular weight excluding hydrogens is 601 g/mol. The van der Waals surface area contributed by atoms with E-state index in [1.807, 2.05) is 53.3 Å². The highest BCUT2D eigenvalue weighted by atomic mass is 19.4. The van der Waals surface area contributed by atoms with Crippen LogP contribution in [0.4, 0.5) is 24.7 Å². The Labute approximate surface area is 261 Å². The van der Waals surface area contributed by atoms with Gasteiger partial charge in [-0.25, -0.2) is 24.3 Å². The number of nitrogens with zero attached hydrogens (tertiary/aromatic N) is 7. The molecule has 7 rings (SSSR count). The quantitative estimate of drug-likeness (QED) is 0.286. The number of ether oxygens (including phenoxy) is 1. The van der Waals surface area contributed by atoms with Gasteiger partial charge in [0.2, 0.25) is 0 Å². The SMILES string of the molecule is C(#Cc1nc2c(N3CCOCC3)ccnn2c1-c1ccc(N2CCNCC2)nc1)c1ccc2ccccc2n1.O=C(O)C(F)(F)F. The molecule has 0 bridgehead atoms. The number of hydrogen-bond donors (Lipinski definition) is 2. The first-order chi connectivity index (χ1) is 22.3. The van der Waals surface area contributed by atoms with Gasteiger partial charge >= 0.3 is 12.1 Å². The number of para-hydroxylation sites is 1. The van der Waals surface area contributed by atoms with Crippen LogP contribution in [0.1, 0.15) is 11.4 Å². The number of carboxylic acid groups (broad SMARTS) is 1. The maximum atomic E-state index is 10.6. The number of morpholine rings is 1. The number of halogens is 3. The van der Waals surface area contributed by atoms with Crippen LogP contribution >= 0.6 is 0 Å². The molecule has 14 heteroatoms. The number of pyridine rings is 2. The maximum Gasteiger partial charge on any atom is 0.490 e. The molecule has 2 fully saturated rings. The molecular formula is C32H29F3N8O3. The Bertz CT molecular complexity index is 1910. The van der Waals surface area contributed by atoms with Crippen LogP contribution in [0.5, 0.6) is 0 Å². The number of carboxylic acids is 1. The van der Waals surface area contributed by atoms with Crippen LogP contribution in [-0.4, -0.2) is 94.3 Å². The number of carbonyl (C=O) groups is 1. The highest BCUT2D eigenvalue weighted by molar-refractivity contribution is 5.80. The van der Waals surface area contributed by atoms with E-state index in [0.717, 1.165) is 78.6 Å². The van der Waals surface area contributed by atoms with E-state index in [1.165, 1.54) is 0 Å². The van der Waals surface area contributed by atoms with Crippen molar-refractivity contribution in [2.75, 3.05) is 62.3 Å². The first-order valence-corrected chi connectivity index (χ1v) is 14.6. The predicted octanol–water partition coefficient (Wildman–Crippen LogP) is 3.62. The summed E-state index contributed by atoms with van der Waals surface area (Å²) >= 11 is 0. The van der Waals surface area contributed by atoms with Crippen LogP contribution in [0.25, 0.3) is 27.8 Å². The lowest BCUT2D eigenvalue weighted by atomic mass is 10.1. The highest BCUT2D eigenvalue weighted by Gasteiger charge is 2.38. The molecule has 0 aliphatic carbocycles. The summed E-state index contributed by atoms with van der Waals surface area (Å²) in [5.41, 5.74) is 5.81. The summed E-state index contributed by atoms with van der Waals surface area (Å²) in [5, 5.41) is 16.3. The lowest BCUT2D eigenvalue weighted by Crippen LogP contribution is -2.43. The molecule has 2 saturated heterocycles. The monoisotopic (exact) mass is 630 g/mol. The second-order valence-corrected chi connectivity index (χ2v) is 10.4. The summed E-state index contributed by atoms with van der Waals surface area (Å²) in [6, 6.07) is 18.2. The topological polar surface area (TPSA) is 121 Å². The number of nitrogens with one attached hydrogen (secondary N) is 1. The Kier molecular flexibility index (Phi) is 8.95. The summed E-state index contributed by atoms with van der Waals surface area (Å²) < 4.78 is 39.2. The van der Waals surface area contributed by atoms with E-state index in [2.05, 4.69) is 45.2 Å². The molecule has 0 amide bonds. The number of aromatic nitrogens is 5. The molecule has 0 radical (unpaired) electrons. The Hall–Kier alpha value is -5.26. The van der Waals surface area contributed by atoms with Crippen molar-refractivity contribution in [3.63, 3.8) is 0 Å². The van der Waals surface area contributed by atoms with Gasteiger partial charge in [-0.1, -0.05) is 24.3 Å². The Morgan fingerprint density at radius 2 is 1.67 bits per heavy atom. The van der Waals surface area contributed by atoms with Gasteiger partial charge in [-0.05, 0) is 42.2 Å². The Balaban J connectivity index is 0.000000480. The van der Waals surface area contributed by atoms with Gasteiger partial charge in [0.25, 0.3) is 0 Å². The first-order valence-electron chi connectivity index (χ1n) is 14.6. The highest BCUT2D eigenvalue weighted by Crippen LogP contribution is 2.30. The number of fused-ring (bicyclic) bond motifs is 2. The number of rotatable bonds is 3. The van der Waals surface area contributed by atoms with Crippen molar-refractivity contribution in [1.29, 1.82) is 0 Å². The number of piperazine rings is 1. The molecule has 2 aliphatic heterocycles. The largest absolute Gasteiger partial charge is 0.490 e. The van der Waals surface area contributed by atoms with Crippen LogP contribution in [0, 0.1) is 11.8 Å². The number of alkyl halides is 3. The van der Waals surface area contributed by atoms with E-state index in [1.54, 1.807) is 0 Å². The van der Waals surface area contributed by atoms with Crippen molar-refractivity contribution in [1.82, 2.24) is 29.9 Å². The third-order valence-electron chi connectivity index (χ3n) is 7.46. The molecule has 236 valence electrons. The first kappa shape index (κ1) is 30.8. The molecule has 0 unspecified atom stereocenters. The van der Waals surface area contributed by atoms with E-state index in [4.69, 9.17) is 34.7 Å². The van der Waals surface area contributed by atoms with Crippen LogP contribution < -0.4 is 15.1 Å². The smallest absolute Gasteiger partial charge is 0.475 e. The predicted molar refractivity (Wildman–Crippen MR) is 166 cm³/mol. The minimum atomic E-state index is -5.08. The second-order valence-electron chi connectivity index (χ2n) is 10.4. The molecule has 5 aromatic rings. The van der Waals surface area contributed by atoms with Gasteiger partial charge in [0, 0.05) is 56.4 Å². The molecule has 46 heavy (non-hydrogen) atoms. The van der Waals surface area contributed by atoms with Crippen LogP contribution in [-0.2, 0) is 9.53 Å². The molecule has 1 aromatic carbocycles. The van der Waals surface area contributed by atoms with Gasteiger partial charge in [0.15, 0.2) is 5.65 Å². The van der Waals surface area contributed by atoms with Gasteiger partial charge in [-0.15, -0.1) is 0 Å². The van der Waals surface area contributed by atoms with Crippen LogP contribution in [0.2, 0.25) is 0 Å². The summed E-state index contributed by atoms with van der Waals surface area (Å²) in [7, 11) is 0. The van der Waals surface area contributed by atoms with E-state index in [9.17, 15) is 13.2 Å². The Morgan fingerprint density at radius 1 is 0.913 bits per heavy atom. The third kappa shape index (κ3) is 6.85. The van der Waals surface area contributed by atoms with Gasteiger partial charge in [-0.2, -0.15) is 18.3 Å².